The molecule has 4 heterocycles. The number of amides is 2. The number of alkyl halides is 2. The quantitative estimate of drug-likeness (QED) is 0.551. The molecular weight excluding hydrogens is 494 g/mol. The fraction of sp³-hybridized carbons (Fsp3) is 0.407. The molecule has 11 heteroatoms. The van der Waals surface area contributed by atoms with Crippen LogP contribution < -0.4 is 10.5 Å². The van der Waals surface area contributed by atoms with Crippen molar-refractivity contribution in [3.05, 3.63) is 64.7 Å². The number of nitrogens with zero attached hydrogens (tertiary/aromatic N) is 5. The Morgan fingerprint density at radius 3 is 2.76 bits per heavy atom. The number of imidazole rings is 1. The molecule has 0 spiro atoms. The van der Waals surface area contributed by atoms with Crippen molar-refractivity contribution in [3.63, 3.8) is 0 Å². The predicted octanol–water partition coefficient (Wildman–Crippen LogP) is 3.35. The number of benzene rings is 1. The highest BCUT2D eigenvalue weighted by atomic mass is 19.3. The molecule has 2 aliphatic heterocycles. The highest BCUT2D eigenvalue weighted by molar-refractivity contribution is 5.98. The summed E-state index contributed by atoms with van der Waals surface area (Å²) in [5, 5.41) is 0. The molecule has 2 atom stereocenters. The average molecular weight is 523 g/mol. The molecule has 2 bridgehead atoms. The van der Waals surface area contributed by atoms with Crippen molar-refractivity contribution in [2.24, 2.45) is 5.73 Å². The van der Waals surface area contributed by atoms with Crippen LogP contribution in [0.15, 0.2) is 36.7 Å². The maximum Gasteiger partial charge on any atom is 0.387 e. The fourth-order valence-electron chi connectivity index (χ4n) is 5.97. The number of fused-ring (bicyclic) bond motifs is 9. The number of rotatable bonds is 5. The van der Waals surface area contributed by atoms with E-state index in [0.29, 0.717) is 48.5 Å². The topological polar surface area (TPSA) is 106 Å². The molecule has 2 unspecified atom stereocenters. The van der Waals surface area contributed by atoms with E-state index in [1.807, 2.05) is 24.4 Å². The second-order valence-electron chi connectivity index (χ2n) is 10.6. The lowest BCUT2D eigenvalue weighted by Crippen LogP contribution is -2.53. The number of carbonyl (C=O) groups is 2. The van der Waals surface area contributed by atoms with Gasteiger partial charge in [0.05, 0.1) is 17.4 Å². The molecule has 0 saturated carbocycles. The molecule has 3 aromatic rings. The zero-order valence-corrected chi connectivity index (χ0v) is 21.3. The van der Waals surface area contributed by atoms with Crippen LogP contribution in [-0.4, -0.2) is 68.3 Å². The Balaban J connectivity index is 1.47. The lowest BCUT2D eigenvalue weighted by Gasteiger charge is -2.39. The molecule has 3 aliphatic rings. The first kappa shape index (κ1) is 24.5. The van der Waals surface area contributed by atoms with E-state index in [-0.39, 0.29) is 23.6 Å². The maximum absolute atomic E-state index is 13.3. The van der Waals surface area contributed by atoms with Gasteiger partial charge >= 0.3 is 6.61 Å². The van der Waals surface area contributed by atoms with Gasteiger partial charge in [0.1, 0.15) is 5.75 Å². The summed E-state index contributed by atoms with van der Waals surface area (Å²) in [4.78, 5) is 38.9. The van der Waals surface area contributed by atoms with E-state index in [1.54, 1.807) is 41.3 Å². The lowest BCUT2D eigenvalue weighted by molar-refractivity contribution is -0.131. The monoisotopic (exact) mass is 522 g/mol. The van der Waals surface area contributed by atoms with E-state index in [1.165, 1.54) is 6.07 Å². The van der Waals surface area contributed by atoms with Gasteiger partial charge in [-0.2, -0.15) is 8.78 Å². The number of halogens is 2. The Morgan fingerprint density at radius 2 is 2.05 bits per heavy atom. The Hall–Kier alpha value is -3.86. The van der Waals surface area contributed by atoms with Gasteiger partial charge < -0.3 is 20.3 Å². The first-order chi connectivity index (χ1) is 18.1. The minimum atomic E-state index is -3.02. The Bertz CT molecular complexity index is 1510. The van der Waals surface area contributed by atoms with Gasteiger partial charge in [0.2, 0.25) is 11.7 Å². The molecule has 1 aromatic carbocycles. The Kier molecular flexibility index (Phi) is 5.53. The normalized spacial score (nSPS) is 21.1. The van der Waals surface area contributed by atoms with Crippen LogP contribution in [0.5, 0.6) is 5.75 Å². The van der Waals surface area contributed by atoms with Crippen LogP contribution in [0.1, 0.15) is 71.5 Å². The van der Waals surface area contributed by atoms with E-state index in [9.17, 15) is 18.4 Å². The molecule has 1 aliphatic carbocycles. The number of hydrogen-bond donors (Lipinski definition) is 1. The summed E-state index contributed by atoms with van der Waals surface area (Å²) in [5.41, 5.74) is 9.32. The number of hydrogen-bond acceptors (Lipinski definition) is 6. The third-order valence-corrected chi connectivity index (χ3v) is 8.07. The van der Waals surface area contributed by atoms with E-state index < -0.39 is 18.1 Å². The summed E-state index contributed by atoms with van der Waals surface area (Å²) in [6.45, 7) is 1.75. The maximum atomic E-state index is 13.3. The van der Waals surface area contributed by atoms with Gasteiger partial charge in [0.25, 0.3) is 5.91 Å². The van der Waals surface area contributed by atoms with Crippen LogP contribution in [0.2, 0.25) is 0 Å². The smallest absolute Gasteiger partial charge is 0.387 e. The highest BCUT2D eigenvalue weighted by Gasteiger charge is 2.46. The Labute approximate surface area is 217 Å². The van der Waals surface area contributed by atoms with Gasteiger partial charge in [-0.1, -0.05) is 6.07 Å². The summed E-state index contributed by atoms with van der Waals surface area (Å²) < 4.78 is 33.4. The van der Waals surface area contributed by atoms with Crippen molar-refractivity contribution < 1.29 is 23.1 Å². The third kappa shape index (κ3) is 3.59. The predicted molar refractivity (Wildman–Crippen MR) is 135 cm³/mol. The standard InChI is InChI=1S/C27H28F2N6O3/c1-27(2,13-30)35-8-7-14(9-20(35)36)15-11-31-26-32-22-18-10-17(23(22)34(26)12-15)21-16(24(37)33(18)3)5-4-6-19(21)38-25(28)29/h4-6,9,11-12,17-18,25H,7-8,10,13,30H2,1-3H3. The van der Waals surface area contributed by atoms with Gasteiger partial charge in [0, 0.05) is 66.8 Å². The van der Waals surface area contributed by atoms with Crippen LogP contribution >= 0.6 is 0 Å². The second kappa shape index (κ2) is 8.59. The van der Waals surface area contributed by atoms with Gasteiger partial charge in [-0.15, -0.1) is 0 Å². The van der Waals surface area contributed by atoms with Gasteiger partial charge in [-0.05, 0) is 44.4 Å². The molecule has 0 fully saturated rings. The van der Waals surface area contributed by atoms with E-state index in [2.05, 4.69) is 4.98 Å². The van der Waals surface area contributed by atoms with Crippen molar-refractivity contribution >= 4 is 23.2 Å². The molecule has 0 saturated heterocycles. The number of carbonyl (C=O) groups excluding carboxylic acids is 2. The average Bonchev–Trinajstić information content (AvgIpc) is 3.41. The van der Waals surface area contributed by atoms with Crippen molar-refractivity contribution in [1.82, 2.24) is 24.2 Å². The van der Waals surface area contributed by atoms with Crippen molar-refractivity contribution in [3.8, 4) is 5.75 Å². The fourth-order valence-corrected chi connectivity index (χ4v) is 5.97. The number of aromatic nitrogens is 3. The lowest BCUT2D eigenvalue weighted by atomic mass is 9.91. The van der Waals surface area contributed by atoms with Crippen molar-refractivity contribution in [2.45, 2.75) is 50.8 Å². The van der Waals surface area contributed by atoms with Gasteiger partial charge in [0.15, 0.2) is 0 Å². The van der Waals surface area contributed by atoms with Crippen LogP contribution in [-0.2, 0) is 4.79 Å². The molecule has 38 heavy (non-hydrogen) atoms. The highest BCUT2D eigenvalue weighted by Crippen LogP contribution is 2.52. The second-order valence-corrected chi connectivity index (χ2v) is 10.6. The van der Waals surface area contributed by atoms with Crippen LogP contribution in [0.4, 0.5) is 8.78 Å². The molecule has 198 valence electrons. The SMILES string of the molecule is CN1C(=O)c2cccc(OC(F)F)c2C2CC1c1nc3ncc(C4=CC(=O)N(C(C)(C)CN)CC4)cn3c12. The molecule has 9 nitrogen and oxygen atoms in total. The zero-order valence-electron chi connectivity index (χ0n) is 21.3. The first-order valence-electron chi connectivity index (χ1n) is 12.6. The molecule has 0 radical (unpaired) electrons. The first-order valence-corrected chi connectivity index (χ1v) is 12.6. The Morgan fingerprint density at radius 1 is 1.26 bits per heavy atom. The largest absolute Gasteiger partial charge is 0.434 e. The number of ether oxygens (including phenoxy) is 1. The summed E-state index contributed by atoms with van der Waals surface area (Å²) in [6, 6.07) is 4.34. The van der Waals surface area contributed by atoms with Crippen LogP contribution in [0, 0.1) is 0 Å². The van der Waals surface area contributed by atoms with Crippen LogP contribution in [0.25, 0.3) is 11.4 Å². The van der Waals surface area contributed by atoms with E-state index in [0.717, 1.165) is 16.8 Å². The van der Waals surface area contributed by atoms with Gasteiger partial charge in [-0.25, -0.2) is 9.97 Å². The molecule has 2 aromatic heterocycles. The number of nitrogens with two attached hydrogens (primary N) is 1. The molecule has 2 N–H and O–H groups in total. The summed E-state index contributed by atoms with van der Waals surface area (Å²) in [6.07, 6.45) is 6.34. The molecule has 2 amide bonds. The van der Waals surface area contributed by atoms with E-state index >= 15 is 0 Å². The molecular formula is C27H28F2N6O3. The summed E-state index contributed by atoms with van der Waals surface area (Å²) in [5.74, 6) is -0.338. The van der Waals surface area contributed by atoms with Crippen molar-refractivity contribution in [1.29, 1.82) is 0 Å². The van der Waals surface area contributed by atoms with Crippen molar-refractivity contribution in [2.75, 3.05) is 20.1 Å². The van der Waals surface area contributed by atoms with E-state index in [4.69, 9.17) is 15.5 Å². The zero-order chi connectivity index (χ0) is 26.9. The minimum Gasteiger partial charge on any atom is -0.434 e. The summed E-state index contributed by atoms with van der Waals surface area (Å²) >= 11 is 0. The molecule has 6 rings (SSSR count). The van der Waals surface area contributed by atoms with Crippen LogP contribution in [0.3, 0.4) is 0 Å². The minimum absolute atomic E-state index is 0.0139. The van der Waals surface area contributed by atoms with Gasteiger partial charge in [-0.3, -0.25) is 14.0 Å². The summed E-state index contributed by atoms with van der Waals surface area (Å²) in [7, 11) is 1.70. The third-order valence-electron chi connectivity index (χ3n) is 8.07.